The van der Waals surface area contributed by atoms with Crippen LogP contribution in [0.2, 0.25) is 0 Å². The molecule has 0 bridgehead atoms. The molecule has 0 amide bonds. The molecule has 80 valence electrons. The van der Waals surface area contributed by atoms with Gasteiger partial charge in [-0.25, -0.2) is 4.99 Å². The summed E-state index contributed by atoms with van der Waals surface area (Å²) in [6.45, 7) is 1.46. The molecular formula is C13H10BrNO. The van der Waals surface area contributed by atoms with Crippen molar-refractivity contribution in [3.8, 4) is 0 Å². The fourth-order valence-electron chi connectivity index (χ4n) is 1.95. The van der Waals surface area contributed by atoms with E-state index in [2.05, 4.69) is 39.1 Å². The summed E-state index contributed by atoms with van der Waals surface area (Å²) in [6.07, 6.45) is 0. The maximum atomic E-state index is 5.52. The molecule has 2 nitrogen and oxygen atoms in total. The lowest BCUT2D eigenvalue weighted by atomic mass is 10.0. The molecule has 0 unspecified atom stereocenters. The van der Waals surface area contributed by atoms with Gasteiger partial charge in [0.15, 0.2) is 0 Å². The molecule has 2 aromatic rings. The lowest BCUT2D eigenvalue weighted by Crippen LogP contribution is -2.01. The third-order valence-corrected chi connectivity index (χ3v) is 3.38. The zero-order valence-electron chi connectivity index (χ0n) is 8.61. The van der Waals surface area contributed by atoms with Gasteiger partial charge in [-0.15, -0.1) is 0 Å². The largest absolute Gasteiger partial charge is 0.475 e. The van der Waals surface area contributed by atoms with E-state index >= 15 is 0 Å². The molecule has 0 aliphatic carbocycles. The average molecular weight is 276 g/mol. The van der Waals surface area contributed by atoms with E-state index in [1.54, 1.807) is 0 Å². The van der Waals surface area contributed by atoms with Gasteiger partial charge in [0.25, 0.3) is 0 Å². The van der Waals surface area contributed by atoms with Crippen LogP contribution in [0.5, 0.6) is 0 Å². The van der Waals surface area contributed by atoms with Gasteiger partial charge >= 0.3 is 0 Å². The van der Waals surface area contributed by atoms with Crippen molar-refractivity contribution >= 4 is 32.6 Å². The Kier molecular flexibility index (Phi) is 2.40. The van der Waals surface area contributed by atoms with Gasteiger partial charge in [0.05, 0.1) is 6.54 Å². The van der Waals surface area contributed by atoms with Crippen LogP contribution in [0.15, 0.2) is 45.9 Å². The summed E-state index contributed by atoms with van der Waals surface area (Å²) in [4.78, 5) is 4.36. The second-order valence-corrected chi connectivity index (χ2v) is 4.53. The Morgan fingerprint density at radius 2 is 1.88 bits per heavy atom. The highest BCUT2D eigenvalue weighted by Gasteiger charge is 2.13. The number of rotatable bonds is 1. The van der Waals surface area contributed by atoms with Gasteiger partial charge in [-0.1, -0.05) is 40.2 Å². The lowest BCUT2D eigenvalue weighted by Gasteiger charge is -2.07. The van der Waals surface area contributed by atoms with Crippen LogP contribution < -0.4 is 0 Å². The zero-order valence-corrected chi connectivity index (χ0v) is 10.2. The van der Waals surface area contributed by atoms with Crippen LogP contribution in [-0.2, 0) is 4.74 Å². The highest BCUT2D eigenvalue weighted by atomic mass is 79.9. The summed E-state index contributed by atoms with van der Waals surface area (Å²) in [5.74, 6) is 0.767. The molecule has 0 fully saturated rings. The number of hydrogen-bond acceptors (Lipinski definition) is 2. The van der Waals surface area contributed by atoms with E-state index in [1.807, 2.05) is 18.2 Å². The molecule has 0 radical (unpaired) electrons. The Labute approximate surface area is 102 Å². The predicted octanol–water partition coefficient (Wildman–Crippen LogP) is 3.38. The van der Waals surface area contributed by atoms with Crippen LogP contribution in [0.25, 0.3) is 10.8 Å². The molecule has 0 aromatic heterocycles. The topological polar surface area (TPSA) is 21.6 Å². The standard InChI is InChI=1S/C13H10BrNO/c14-12-6-5-11(13-15-7-8-16-13)9-3-1-2-4-10(9)12/h1-6H,7-8H2. The molecule has 1 aliphatic heterocycles. The summed E-state index contributed by atoms with van der Waals surface area (Å²) < 4.78 is 6.62. The third-order valence-electron chi connectivity index (χ3n) is 2.69. The van der Waals surface area contributed by atoms with Gasteiger partial charge in [-0.05, 0) is 22.9 Å². The van der Waals surface area contributed by atoms with Crippen molar-refractivity contribution < 1.29 is 4.74 Å². The minimum absolute atomic E-state index is 0.694. The highest BCUT2D eigenvalue weighted by Crippen LogP contribution is 2.27. The second-order valence-electron chi connectivity index (χ2n) is 3.68. The van der Waals surface area contributed by atoms with Crippen LogP contribution in [0.1, 0.15) is 5.56 Å². The van der Waals surface area contributed by atoms with Gasteiger partial charge in [-0.2, -0.15) is 0 Å². The SMILES string of the molecule is Brc1ccc(C2=NCCO2)c2ccccc12. The van der Waals surface area contributed by atoms with Crippen LogP contribution in [0.4, 0.5) is 0 Å². The van der Waals surface area contributed by atoms with Gasteiger partial charge in [0, 0.05) is 10.0 Å². The number of nitrogens with zero attached hydrogens (tertiary/aromatic N) is 1. The Morgan fingerprint density at radius 3 is 2.62 bits per heavy atom. The first-order valence-electron chi connectivity index (χ1n) is 5.21. The highest BCUT2D eigenvalue weighted by molar-refractivity contribution is 9.10. The summed E-state index contributed by atoms with van der Waals surface area (Å²) in [7, 11) is 0. The Balaban J connectivity index is 2.29. The van der Waals surface area contributed by atoms with E-state index in [0.29, 0.717) is 6.61 Å². The van der Waals surface area contributed by atoms with Gasteiger partial charge in [0.1, 0.15) is 6.61 Å². The molecule has 0 N–H and O–H groups in total. The first kappa shape index (κ1) is 9.85. The van der Waals surface area contributed by atoms with E-state index in [-0.39, 0.29) is 0 Å². The van der Waals surface area contributed by atoms with Gasteiger partial charge < -0.3 is 4.74 Å². The van der Waals surface area contributed by atoms with E-state index in [0.717, 1.165) is 22.5 Å². The molecule has 0 spiro atoms. The smallest absolute Gasteiger partial charge is 0.216 e. The first-order valence-corrected chi connectivity index (χ1v) is 6.00. The number of hydrogen-bond donors (Lipinski definition) is 0. The predicted molar refractivity (Wildman–Crippen MR) is 69.0 cm³/mol. The number of ether oxygens (including phenoxy) is 1. The van der Waals surface area contributed by atoms with Crippen LogP contribution in [-0.4, -0.2) is 19.0 Å². The van der Waals surface area contributed by atoms with E-state index in [4.69, 9.17) is 4.74 Å². The van der Waals surface area contributed by atoms with Crippen LogP contribution in [0, 0.1) is 0 Å². The van der Waals surface area contributed by atoms with Crippen molar-refractivity contribution in [2.75, 3.05) is 13.2 Å². The van der Waals surface area contributed by atoms with E-state index in [9.17, 15) is 0 Å². The zero-order chi connectivity index (χ0) is 11.0. The number of aliphatic imine (C=N–C) groups is 1. The molecule has 0 saturated heterocycles. The second kappa shape index (κ2) is 3.91. The summed E-state index contributed by atoms with van der Waals surface area (Å²) >= 11 is 3.56. The fourth-order valence-corrected chi connectivity index (χ4v) is 2.42. The van der Waals surface area contributed by atoms with Crippen molar-refractivity contribution in [1.82, 2.24) is 0 Å². The lowest BCUT2D eigenvalue weighted by molar-refractivity contribution is 0.348. The van der Waals surface area contributed by atoms with Gasteiger partial charge in [-0.3, -0.25) is 0 Å². The molecule has 1 heterocycles. The first-order chi connectivity index (χ1) is 7.86. The number of benzene rings is 2. The van der Waals surface area contributed by atoms with Crippen molar-refractivity contribution in [3.63, 3.8) is 0 Å². The van der Waals surface area contributed by atoms with Crippen molar-refractivity contribution in [2.24, 2.45) is 4.99 Å². The van der Waals surface area contributed by atoms with Crippen molar-refractivity contribution in [2.45, 2.75) is 0 Å². The molecule has 2 aromatic carbocycles. The minimum Gasteiger partial charge on any atom is -0.475 e. The minimum atomic E-state index is 0.694. The molecule has 16 heavy (non-hydrogen) atoms. The molecule has 1 aliphatic rings. The normalized spacial score (nSPS) is 14.9. The van der Waals surface area contributed by atoms with Crippen LogP contribution in [0.3, 0.4) is 0 Å². The van der Waals surface area contributed by atoms with Gasteiger partial charge in [0.2, 0.25) is 5.90 Å². The molecular weight excluding hydrogens is 266 g/mol. The summed E-state index contributed by atoms with van der Waals surface area (Å²) in [5.41, 5.74) is 1.08. The Bertz CT molecular complexity index is 577. The molecule has 3 heteroatoms. The number of halogens is 1. The summed E-state index contributed by atoms with van der Waals surface area (Å²) in [6, 6.07) is 12.4. The van der Waals surface area contributed by atoms with Crippen LogP contribution >= 0.6 is 15.9 Å². The Hall–Kier alpha value is -1.35. The number of fused-ring (bicyclic) bond motifs is 1. The summed E-state index contributed by atoms with van der Waals surface area (Å²) in [5, 5.41) is 2.37. The van der Waals surface area contributed by atoms with Crippen molar-refractivity contribution in [1.29, 1.82) is 0 Å². The third kappa shape index (κ3) is 1.52. The van der Waals surface area contributed by atoms with Crippen molar-refractivity contribution in [3.05, 3.63) is 46.4 Å². The van der Waals surface area contributed by atoms with E-state index in [1.165, 1.54) is 10.8 Å². The van der Waals surface area contributed by atoms with E-state index < -0.39 is 0 Å². The fraction of sp³-hybridized carbons (Fsp3) is 0.154. The molecule has 0 saturated carbocycles. The maximum Gasteiger partial charge on any atom is 0.216 e. The average Bonchev–Trinajstić information content (AvgIpc) is 2.83. The Morgan fingerprint density at radius 1 is 1.06 bits per heavy atom. The molecule has 0 atom stereocenters. The monoisotopic (exact) mass is 275 g/mol. The quantitative estimate of drug-likeness (QED) is 0.782. The molecule has 3 rings (SSSR count). The maximum absolute atomic E-state index is 5.52.